The van der Waals surface area contributed by atoms with Gasteiger partial charge in [0, 0.05) is 11.6 Å². The predicted molar refractivity (Wildman–Crippen MR) is 73.1 cm³/mol. The molecule has 0 aliphatic carbocycles. The fourth-order valence-electron chi connectivity index (χ4n) is 1.74. The number of hydrogen-bond donors (Lipinski definition) is 3. The molecule has 0 radical (unpaired) electrons. The van der Waals surface area contributed by atoms with Crippen molar-refractivity contribution < 1.29 is 14.7 Å². The zero-order valence-corrected chi connectivity index (χ0v) is 12.1. The lowest BCUT2D eigenvalue weighted by Crippen LogP contribution is -2.56. The molecule has 0 saturated heterocycles. The molecule has 1 aromatic rings. The van der Waals surface area contributed by atoms with Gasteiger partial charge in [-0.15, -0.1) is 11.3 Å². The molecule has 106 valence electrons. The molecule has 0 aliphatic rings. The van der Waals surface area contributed by atoms with E-state index < -0.39 is 17.5 Å². The van der Waals surface area contributed by atoms with Crippen LogP contribution >= 0.6 is 11.3 Å². The Hall–Kier alpha value is -1.63. The Kier molecular flexibility index (Phi) is 5.29. The fourth-order valence-corrected chi connectivity index (χ4v) is 2.39. The maximum Gasteiger partial charge on any atom is 0.329 e. The molecule has 0 bridgehead atoms. The van der Waals surface area contributed by atoms with Gasteiger partial charge in [-0.2, -0.15) is 0 Å². The van der Waals surface area contributed by atoms with E-state index in [0.717, 1.165) is 5.01 Å². The highest BCUT2D eigenvalue weighted by molar-refractivity contribution is 7.09. The first-order valence-electron chi connectivity index (χ1n) is 6.16. The maximum atomic E-state index is 11.9. The lowest BCUT2D eigenvalue weighted by molar-refractivity contribution is -0.144. The van der Waals surface area contributed by atoms with Crippen LogP contribution in [0.5, 0.6) is 0 Å². The second-order valence-corrected chi connectivity index (χ2v) is 5.21. The highest BCUT2D eigenvalue weighted by atomic mass is 32.1. The Balaban J connectivity index is 2.66. The van der Waals surface area contributed by atoms with E-state index in [0.29, 0.717) is 12.8 Å². The largest absolute Gasteiger partial charge is 0.480 e. The molecule has 0 aromatic carbocycles. The minimum absolute atomic E-state index is 0.250. The number of carbonyl (C=O) groups excluding carboxylic acids is 1. The molecule has 3 N–H and O–H groups in total. The summed E-state index contributed by atoms with van der Waals surface area (Å²) in [5.74, 6) is -1.02. The van der Waals surface area contributed by atoms with Crippen LogP contribution in [0.15, 0.2) is 11.6 Å². The monoisotopic (exact) mass is 285 g/mol. The first-order valence-corrected chi connectivity index (χ1v) is 7.04. The van der Waals surface area contributed by atoms with E-state index in [1.807, 2.05) is 5.38 Å². The molecule has 2 amide bonds. The molecule has 1 aromatic heterocycles. The van der Waals surface area contributed by atoms with Gasteiger partial charge in [-0.3, -0.25) is 0 Å². The Bertz CT molecular complexity index is 429. The molecule has 7 heteroatoms. The third-order valence-electron chi connectivity index (χ3n) is 3.14. The summed E-state index contributed by atoms with van der Waals surface area (Å²) in [5, 5.41) is 17.1. The van der Waals surface area contributed by atoms with Crippen LogP contribution in [0.1, 0.15) is 44.7 Å². The zero-order valence-electron chi connectivity index (χ0n) is 11.3. The molecule has 0 spiro atoms. The number of aliphatic carboxylic acids is 1. The molecule has 1 unspecified atom stereocenters. The van der Waals surface area contributed by atoms with Crippen molar-refractivity contribution in [3.8, 4) is 0 Å². The molecule has 6 nitrogen and oxygen atoms in total. The molecule has 0 saturated carbocycles. The van der Waals surface area contributed by atoms with Gasteiger partial charge in [-0.05, 0) is 19.8 Å². The first kappa shape index (κ1) is 15.4. The number of carbonyl (C=O) groups is 2. The third kappa shape index (κ3) is 3.66. The topological polar surface area (TPSA) is 91.3 Å². The van der Waals surface area contributed by atoms with Crippen LogP contribution in [0.25, 0.3) is 0 Å². The predicted octanol–water partition coefficient (Wildman–Crippen LogP) is 2.15. The molecule has 1 heterocycles. The van der Waals surface area contributed by atoms with Crippen LogP contribution < -0.4 is 10.6 Å². The van der Waals surface area contributed by atoms with Gasteiger partial charge >= 0.3 is 12.0 Å². The number of aromatic nitrogens is 1. The van der Waals surface area contributed by atoms with Crippen LogP contribution in [0.3, 0.4) is 0 Å². The molecule has 0 aliphatic heterocycles. The summed E-state index contributed by atoms with van der Waals surface area (Å²) in [4.78, 5) is 27.3. The average molecular weight is 285 g/mol. The van der Waals surface area contributed by atoms with Gasteiger partial charge in [-0.25, -0.2) is 14.6 Å². The zero-order chi connectivity index (χ0) is 14.5. The first-order chi connectivity index (χ1) is 8.95. The number of nitrogens with one attached hydrogen (secondary N) is 2. The summed E-state index contributed by atoms with van der Waals surface area (Å²) >= 11 is 1.44. The van der Waals surface area contributed by atoms with E-state index in [2.05, 4.69) is 15.6 Å². The Morgan fingerprint density at radius 1 is 1.47 bits per heavy atom. The SMILES string of the molecule is CCC(CC)(NC(=O)NC(C)c1nccs1)C(=O)O. The summed E-state index contributed by atoms with van der Waals surface area (Å²) in [7, 11) is 0. The van der Waals surface area contributed by atoms with Crippen molar-refractivity contribution >= 4 is 23.3 Å². The average Bonchev–Trinajstić information content (AvgIpc) is 2.89. The quantitative estimate of drug-likeness (QED) is 0.746. The summed E-state index contributed by atoms with van der Waals surface area (Å²) in [6.45, 7) is 5.28. The molecule has 0 fully saturated rings. The minimum atomic E-state index is -1.22. The molecule has 1 rings (SSSR count). The van der Waals surface area contributed by atoms with Crippen LogP contribution in [-0.2, 0) is 4.79 Å². The number of carboxylic acids is 1. The van der Waals surface area contributed by atoms with Gasteiger partial charge in [0.25, 0.3) is 0 Å². The number of nitrogens with zero attached hydrogens (tertiary/aromatic N) is 1. The lowest BCUT2D eigenvalue weighted by atomic mass is 9.93. The second-order valence-electron chi connectivity index (χ2n) is 4.28. The van der Waals surface area contributed by atoms with Crippen LogP contribution in [-0.4, -0.2) is 27.6 Å². The minimum Gasteiger partial charge on any atom is -0.480 e. The second kappa shape index (κ2) is 6.51. The number of thiazole rings is 1. The molecule has 1 atom stereocenters. The summed E-state index contributed by atoms with van der Waals surface area (Å²) in [6.07, 6.45) is 2.32. The van der Waals surface area contributed by atoms with Gasteiger partial charge in [0.2, 0.25) is 0 Å². The van der Waals surface area contributed by atoms with E-state index >= 15 is 0 Å². The molecular weight excluding hydrogens is 266 g/mol. The Morgan fingerprint density at radius 3 is 2.53 bits per heavy atom. The van der Waals surface area contributed by atoms with E-state index in [4.69, 9.17) is 0 Å². The highest BCUT2D eigenvalue weighted by Gasteiger charge is 2.36. The van der Waals surface area contributed by atoms with Crippen molar-refractivity contribution in [2.45, 2.75) is 45.2 Å². The normalized spacial score (nSPS) is 12.8. The van der Waals surface area contributed by atoms with Crippen molar-refractivity contribution in [1.29, 1.82) is 0 Å². The summed E-state index contributed by atoms with van der Waals surface area (Å²) < 4.78 is 0. The number of carboxylic acid groups (broad SMARTS) is 1. The van der Waals surface area contributed by atoms with E-state index in [-0.39, 0.29) is 6.04 Å². The third-order valence-corrected chi connectivity index (χ3v) is 4.10. The van der Waals surface area contributed by atoms with Crippen molar-refractivity contribution in [1.82, 2.24) is 15.6 Å². The smallest absolute Gasteiger partial charge is 0.329 e. The van der Waals surface area contributed by atoms with Crippen LogP contribution in [0.2, 0.25) is 0 Å². The van der Waals surface area contributed by atoms with Gasteiger partial charge in [0.05, 0.1) is 6.04 Å². The standard InChI is InChI=1S/C12H19N3O3S/c1-4-12(5-2,10(16)17)15-11(18)14-8(3)9-13-6-7-19-9/h6-8H,4-5H2,1-3H3,(H,16,17)(H2,14,15,18). The van der Waals surface area contributed by atoms with Crippen molar-refractivity contribution in [2.24, 2.45) is 0 Å². The number of amides is 2. The van der Waals surface area contributed by atoms with E-state index in [1.165, 1.54) is 11.3 Å². The summed E-state index contributed by atoms with van der Waals surface area (Å²) in [5.41, 5.74) is -1.22. The van der Waals surface area contributed by atoms with Crippen LogP contribution in [0, 0.1) is 0 Å². The fraction of sp³-hybridized carbons (Fsp3) is 0.583. The Labute approximate surface area is 116 Å². The maximum absolute atomic E-state index is 11.9. The highest BCUT2D eigenvalue weighted by Crippen LogP contribution is 2.17. The van der Waals surface area contributed by atoms with Crippen molar-refractivity contribution in [3.05, 3.63) is 16.6 Å². The van der Waals surface area contributed by atoms with Gasteiger partial charge < -0.3 is 15.7 Å². The van der Waals surface area contributed by atoms with Gasteiger partial charge in [0.1, 0.15) is 10.5 Å². The van der Waals surface area contributed by atoms with Crippen molar-refractivity contribution in [2.75, 3.05) is 0 Å². The van der Waals surface area contributed by atoms with Gasteiger partial charge in [-0.1, -0.05) is 13.8 Å². The number of urea groups is 1. The van der Waals surface area contributed by atoms with Crippen LogP contribution in [0.4, 0.5) is 4.79 Å². The Morgan fingerprint density at radius 2 is 2.11 bits per heavy atom. The number of rotatable bonds is 6. The van der Waals surface area contributed by atoms with Gasteiger partial charge in [0.15, 0.2) is 0 Å². The lowest BCUT2D eigenvalue weighted by Gasteiger charge is -2.28. The number of hydrogen-bond acceptors (Lipinski definition) is 4. The van der Waals surface area contributed by atoms with E-state index in [1.54, 1.807) is 27.0 Å². The molecule has 19 heavy (non-hydrogen) atoms. The van der Waals surface area contributed by atoms with E-state index in [9.17, 15) is 14.7 Å². The molecular formula is C12H19N3O3S. The van der Waals surface area contributed by atoms with Crippen molar-refractivity contribution in [3.63, 3.8) is 0 Å². The summed E-state index contributed by atoms with van der Waals surface area (Å²) in [6, 6.07) is -0.742.